The zero-order chi connectivity index (χ0) is 17.5. The van der Waals surface area contributed by atoms with E-state index in [0.717, 1.165) is 0 Å². The van der Waals surface area contributed by atoms with Crippen LogP contribution in [0.1, 0.15) is 6.42 Å². The number of aliphatic hydroxyl groups is 1. The average Bonchev–Trinajstić information content (AvgIpc) is 2.23. The zero-order valence-electron chi connectivity index (χ0n) is 9.67. The monoisotopic (exact) mass is 343 g/mol. The normalized spacial score (nSPS) is 17.0. The van der Waals surface area contributed by atoms with Gasteiger partial charge in [-0.15, -0.1) is 0 Å². The Morgan fingerprint density at radius 1 is 0.762 bits per heavy atom. The van der Waals surface area contributed by atoms with Crippen molar-refractivity contribution in [3.63, 3.8) is 0 Å². The summed E-state index contributed by atoms with van der Waals surface area (Å²) in [6, 6.07) is 0. The highest BCUT2D eigenvalue weighted by Crippen LogP contribution is 2.59. The van der Waals surface area contributed by atoms with Crippen LogP contribution in [-0.2, 0) is 0 Å². The summed E-state index contributed by atoms with van der Waals surface area (Å²) in [6.07, 6.45) is -19.9. The molecular formula is C8H8F11NO. The van der Waals surface area contributed by atoms with Gasteiger partial charge < -0.3 is 10.8 Å². The minimum Gasteiger partial charge on any atom is -0.392 e. The molecule has 0 aromatic carbocycles. The lowest BCUT2D eigenvalue weighted by atomic mass is 9.88. The van der Waals surface area contributed by atoms with E-state index in [0.29, 0.717) is 0 Å². The number of rotatable bonds is 5. The van der Waals surface area contributed by atoms with Gasteiger partial charge in [-0.3, -0.25) is 0 Å². The molecule has 0 saturated heterocycles. The van der Waals surface area contributed by atoms with E-state index < -0.39 is 48.9 Å². The molecule has 0 aliphatic rings. The number of hydrogen-bond donors (Lipinski definition) is 2. The molecule has 1 atom stereocenters. The Bertz CT molecular complexity index is 346. The van der Waals surface area contributed by atoms with Crippen molar-refractivity contribution in [1.29, 1.82) is 0 Å². The predicted octanol–water partition coefficient (Wildman–Crippen LogP) is 2.80. The van der Waals surface area contributed by atoms with Gasteiger partial charge in [-0.25, -0.2) is 4.39 Å². The Balaban J connectivity index is 6.02. The molecule has 0 aromatic rings. The molecule has 0 spiro atoms. The Hall–Kier alpha value is -0.850. The number of aliphatic hydroxyl groups excluding tert-OH is 1. The lowest BCUT2D eigenvalue weighted by Crippen LogP contribution is -2.70. The molecule has 0 unspecified atom stereocenters. The van der Waals surface area contributed by atoms with Crippen molar-refractivity contribution in [1.82, 2.24) is 0 Å². The van der Waals surface area contributed by atoms with Crippen LogP contribution in [0.15, 0.2) is 0 Å². The lowest BCUT2D eigenvalue weighted by Gasteiger charge is -2.40. The molecule has 0 fully saturated rings. The molecule has 0 amide bonds. The van der Waals surface area contributed by atoms with Crippen molar-refractivity contribution in [3.8, 4) is 0 Å². The second kappa shape index (κ2) is 5.41. The summed E-state index contributed by atoms with van der Waals surface area (Å²) >= 11 is 0. The van der Waals surface area contributed by atoms with Crippen LogP contribution in [0, 0.1) is 0 Å². The Labute approximate surface area is 109 Å². The molecule has 0 heterocycles. The molecular weight excluding hydrogens is 335 g/mol. The average molecular weight is 343 g/mol. The van der Waals surface area contributed by atoms with Crippen molar-refractivity contribution in [3.05, 3.63) is 0 Å². The summed E-state index contributed by atoms with van der Waals surface area (Å²) < 4.78 is 137. The fourth-order valence-corrected chi connectivity index (χ4v) is 1.28. The molecule has 2 nitrogen and oxygen atoms in total. The van der Waals surface area contributed by atoms with Crippen molar-refractivity contribution in [2.24, 2.45) is 5.73 Å². The van der Waals surface area contributed by atoms with Gasteiger partial charge >= 0.3 is 29.9 Å². The third-order valence-electron chi connectivity index (χ3n) is 2.44. The van der Waals surface area contributed by atoms with Crippen molar-refractivity contribution in [2.75, 3.05) is 6.54 Å². The minimum atomic E-state index is -7.50. The highest BCUT2D eigenvalue weighted by molar-refractivity contribution is 5.11. The largest absolute Gasteiger partial charge is 0.438 e. The Morgan fingerprint density at radius 2 is 1.10 bits per heavy atom. The summed E-state index contributed by atoms with van der Waals surface area (Å²) in [7, 11) is 0. The second-order valence-corrected chi connectivity index (χ2v) is 4.03. The van der Waals surface area contributed by atoms with Gasteiger partial charge in [-0.1, -0.05) is 0 Å². The molecule has 0 rings (SSSR count). The van der Waals surface area contributed by atoms with Crippen LogP contribution in [-0.4, -0.2) is 47.6 Å². The predicted molar refractivity (Wildman–Crippen MR) is 45.5 cm³/mol. The highest BCUT2D eigenvalue weighted by atomic mass is 19.4. The van der Waals surface area contributed by atoms with E-state index in [9.17, 15) is 48.3 Å². The maximum absolute atomic E-state index is 13.0. The molecule has 128 valence electrons. The minimum absolute atomic E-state index is 1.16. The fourth-order valence-electron chi connectivity index (χ4n) is 1.28. The molecule has 21 heavy (non-hydrogen) atoms. The summed E-state index contributed by atoms with van der Waals surface area (Å²) in [6.45, 7) is -1.16. The number of nitrogens with two attached hydrogens (primary N) is 1. The Morgan fingerprint density at radius 3 is 1.33 bits per heavy atom. The van der Waals surface area contributed by atoms with Gasteiger partial charge in [-0.2, -0.15) is 43.9 Å². The van der Waals surface area contributed by atoms with E-state index in [-0.39, 0.29) is 0 Å². The van der Waals surface area contributed by atoms with Gasteiger partial charge in [0.25, 0.3) is 0 Å². The fraction of sp³-hybridized carbons (Fsp3) is 1.00. The summed E-state index contributed by atoms with van der Waals surface area (Å²) in [5.41, 5.74) is -2.96. The van der Waals surface area contributed by atoms with Gasteiger partial charge in [0, 0.05) is 13.0 Å². The standard InChI is InChI=1S/C8H8F11NO/c9-4(10,1-3(21)2-20)6(12,13)5(11,7(14,15)16)8(17,18)19/h3,21H,1-2,20H2/t3-/m1/s1. The molecule has 0 saturated carbocycles. The SMILES string of the molecule is NC[C@H](O)CC(F)(F)C(F)(F)C(F)(C(F)(F)F)C(F)(F)F. The third-order valence-corrected chi connectivity index (χ3v) is 2.44. The van der Waals surface area contributed by atoms with Gasteiger partial charge in [0.15, 0.2) is 0 Å². The van der Waals surface area contributed by atoms with E-state index in [1.165, 1.54) is 0 Å². The molecule has 0 radical (unpaired) electrons. The van der Waals surface area contributed by atoms with Crippen LogP contribution >= 0.6 is 0 Å². The van der Waals surface area contributed by atoms with Crippen molar-refractivity contribution < 1.29 is 53.4 Å². The first-order valence-corrected chi connectivity index (χ1v) is 4.92. The third kappa shape index (κ3) is 3.17. The van der Waals surface area contributed by atoms with Gasteiger partial charge in [0.1, 0.15) is 0 Å². The van der Waals surface area contributed by atoms with E-state index in [1.54, 1.807) is 0 Å². The first-order chi connectivity index (χ1) is 8.95. The molecule has 13 heteroatoms. The van der Waals surface area contributed by atoms with Crippen LogP contribution < -0.4 is 5.73 Å². The highest BCUT2D eigenvalue weighted by Gasteiger charge is 2.89. The van der Waals surface area contributed by atoms with Crippen LogP contribution in [0.2, 0.25) is 0 Å². The molecule has 3 N–H and O–H groups in total. The second-order valence-electron chi connectivity index (χ2n) is 4.03. The molecule has 0 aromatic heterocycles. The first kappa shape index (κ1) is 20.1. The number of hydrogen-bond acceptors (Lipinski definition) is 2. The number of alkyl halides is 11. The maximum atomic E-state index is 13.0. The van der Waals surface area contributed by atoms with E-state index in [1.807, 2.05) is 0 Å². The molecule has 0 aliphatic carbocycles. The Kier molecular flexibility index (Phi) is 5.19. The molecule has 0 bridgehead atoms. The summed E-state index contributed by atoms with van der Waals surface area (Å²) in [5, 5.41) is 8.60. The quantitative estimate of drug-likeness (QED) is 0.754. The molecule has 0 aliphatic heterocycles. The van der Waals surface area contributed by atoms with E-state index in [2.05, 4.69) is 5.73 Å². The van der Waals surface area contributed by atoms with Crippen molar-refractivity contribution >= 4 is 0 Å². The smallest absolute Gasteiger partial charge is 0.392 e. The van der Waals surface area contributed by atoms with Crippen LogP contribution in [0.4, 0.5) is 48.3 Å². The first-order valence-electron chi connectivity index (χ1n) is 4.92. The summed E-state index contributed by atoms with van der Waals surface area (Å²) in [5.74, 6) is -13.4. The van der Waals surface area contributed by atoms with Gasteiger partial charge in [-0.05, 0) is 0 Å². The van der Waals surface area contributed by atoms with E-state index >= 15 is 0 Å². The topological polar surface area (TPSA) is 46.2 Å². The van der Waals surface area contributed by atoms with Crippen LogP contribution in [0.3, 0.4) is 0 Å². The zero-order valence-corrected chi connectivity index (χ0v) is 9.67. The maximum Gasteiger partial charge on any atom is 0.438 e. The van der Waals surface area contributed by atoms with Gasteiger partial charge in [0.2, 0.25) is 0 Å². The van der Waals surface area contributed by atoms with Crippen LogP contribution in [0.25, 0.3) is 0 Å². The van der Waals surface area contributed by atoms with E-state index in [4.69, 9.17) is 5.11 Å². The van der Waals surface area contributed by atoms with Crippen molar-refractivity contribution in [2.45, 2.75) is 42.4 Å². The summed E-state index contributed by atoms with van der Waals surface area (Å²) in [4.78, 5) is 0. The number of halogens is 11. The lowest BCUT2D eigenvalue weighted by molar-refractivity contribution is -0.427. The van der Waals surface area contributed by atoms with Crippen LogP contribution in [0.5, 0.6) is 0 Å². The van der Waals surface area contributed by atoms with Gasteiger partial charge in [0.05, 0.1) is 6.10 Å².